The van der Waals surface area contributed by atoms with Crippen molar-refractivity contribution in [2.24, 2.45) is 5.92 Å². The first kappa shape index (κ1) is 9.10. The predicted molar refractivity (Wildman–Crippen MR) is 56.8 cm³/mol. The molecule has 2 aliphatic heterocycles. The number of fused-ring (bicyclic) bond motifs is 2. The molecule has 2 heterocycles. The van der Waals surface area contributed by atoms with E-state index in [0.29, 0.717) is 6.10 Å². The van der Waals surface area contributed by atoms with Crippen LogP contribution < -0.4 is 0 Å². The summed E-state index contributed by atoms with van der Waals surface area (Å²) in [6, 6.07) is 9.57. The van der Waals surface area contributed by atoms with Crippen molar-refractivity contribution in [1.82, 2.24) is 0 Å². The van der Waals surface area contributed by atoms with Crippen molar-refractivity contribution in [3.05, 3.63) is 35.9 Å². The molecule has 2 heteroatoms. The van der Waals surface area contributed by atoms with Crippen LogP contribution in [0.4, 0.5) is 0 Å². The van der Waals surface area contributed by atoms with Crippen molar-refractivity contribution in [3.63, 3.8) is 0 Å². The molecule has 2 aliphatic rings. The second-order valence-electron chi connectivity index (χ2n) is 4.45. The Morgan fingerprint density at radius 2 is 2.00 bits per heavy atom. The molecular weight excluding hydrogens is 188 g/mol. The topological polar surface area (TPSA) is 26.3 Å². The Morgan fingerprint density at radius 3 is 2.60 bits per heavy atom. The monoisotopic (exact) mass is 202 g/mol. The molecular formula is C13H14O2. The Bertz CT molecular complexity index is 371. The third kappa shape index (κ3) is 1.49. The van der Waals surface area contributed by atoms with Gasteiger partial charge in [0.05, 0.1) is 18.1 Å². The minimum Gasteiger partial charge on any atom is -0.374 e. The number of Topliss-reactive ketones (excluding diaryl/α,β-unsaturated/α-hetero) is 1. The smallest absolute Gasteiger partial charge is 0.168 e. The van der Waals surface area contributed by atoms with E-state index < -0.39 is 0 Å². The molecule has 3 unspecified atom stereocenters. The van der Waals surface area contributed by atoms with Crippen LogP contribution in [0.2, 0.25) is 0 Å². The Kier molecular flexibility index (Phi) is 2.10. The van der Waals surface area contributed by atoms with Crippen LogP contribution in [0.25, 0.3) is 0 Å². The van der Waals surface area contributed by atoms with Gasteiger partial charge < -0.3 is 4.74 Å². The molecule has 2 nitrogen and oxygen atoms in total. The van der Waals surface area contributed by atoms with E-state index >= 15 is 0 Å². The summed E-state index contributed by atoms with van der Waals surface area (Å²) in [7, 11) is 0. The number of ketones is 1. The van der Waals surface area contributed by atoms with Crippen molar-refractivity contribution in [2.45, 2.75) is 31.5 Å². The molecule has 0 radical (unpaired) electrons. The zero-order valence-corrected chi connectivity index (χ0v) is 8.56. The van der Waals surface area contributed by atoms with Crippen LogP contribution in [0.5, 0.6) is 0 Å². The lowest BCUT2D eigenvalue weighted by Gasteiger charge is -2.16. The van der Waals surface area contributed by atoms with Crippen molar-refractivity contribution in [1.29, 1.82) is 0 Å². The van der Waals surface area contributed by atoms with Crippen molar-refractivity contribution in [2.75, 3.05) is 0 Å². The summed E-state index contributed by atoms with van der Waals surface area (Å²) in [5.41, 5.74) is 0.832. The molecule has 2 bridgehead atoms. The van der Waals surface area contributed by atoms with Gasteiger partial charge in [0.2, 0.25) is 0 Å². The SMILES string of the molecule is O=C(c1ccccc1)C1CC2CCC1O2. The van der Waals surface area contributed by atoms with Crippen LogP contribution in [-0.2, 0) is 4.74 Å². The van der Waals surface area contributed by atoms with Gasteiger partial charge in [-0.25, -0.2) is 0 Å². The van der Waals surface area contributed by atoms with Crippen molar-refractivity contribution < 1.29 is 9.53 Å². The molecule has 2 saturated heterocycles. The molecule has 0 aliphatic carbocycles. The third-order valence-electron chi connectivity index (χ3n) is 3.50. The minimum atomic E-state index is 0.117. The van der Waals surface area contributed by atoms with E-state index in [1.165, 1.54) is 0 Å². The molecule has 3 rings (SSSR count). The maximum atomic E-state index is 12.2. The van der Waals surface area contributed by atoms with Gasteiger partial charge in [0.1, 0.15) is 0 Å². The molecule has 1 aromatic carbocycles. The van der Waals surface area contributed by atoms with E-state index in [1.54, 1.807) is 0 Å². The van der Waals surface area contributed by atoms with Crippen LogP contribution in [0.15, 0.2) is 30.3 Å². The van der Waals surface area contributed by atoms with Gasteiger partial charge in [-0.2, -0.15) is 0 Å². The molecule has 0 spiro atoms. The highest BCUT2D eigenvalue weighted by Crippen LogP contribution is 2.40. The lowest BCUT2D eigenvalue weighted by molar-refractivity contribution is 0.0743. The maximum Gasteiger partial charge on any atom is 0.168 e. The lowest BCUT2D eigenvalue weighted by Crippen LogP contribution is -2.25. The first-order valence-corrected chi connectivity index (χ1v) is 5.59. The highest BCUT2D eigenvalue weighted by molar-refractivity contribution is 5.98. The predicted octanol–water partition coefficient (Wildman–Crippen LogP) is 2.44. The first-order chi connectivity index (χ1) is 7.34. The van der Waals surface area contributed by atoms with E-state index in [9.17, 15) is 4.79 Å². The zero-order valence-electron chi connectivity index (χ0n) is 8.56. The van der Waals surface area contributed by atoms with Gasteiger partial charge in [0.25, 0.3) is 0 Å². The summed E-state index contributed by atoms with van der Waals surface area (Å²) in [5, 5.41) is 0. The molecule has 15 heavy (non-hydrogen) atoms. The molecule has 0 saturated carbocycles. The first-order valence-electron chi connectivity index (χ1n) is 5.59. The summed E-state index contributed by atoms with van der Waals surface area (Å²) in [6.45, 7) is 0. The fourth-order valence-electron chi connectivity index (χ4n) is 2.73. The van der Waals surface area contributed by atoms with Crippen LogP contribution in [-0.4, -0.2) is 18.0 Å². The second-order valence-corrected chi connectivity index (χ2v) is 4.45. The summed E-state index contributed by atoms with van der Waals surface area (Å²) < 4.78 is 5.71. The summed E-state index contributed by atoms with van der Waals surface area (Å²) in [4.78, 5) is 12.2. The molecule has 2 fully saturated rings. The summed E-state index contributed by atoms with van der Waals surface area (Å²) in [5.74, 6) is 0.383. The van der Waals surface area contributed by atoms with E-state index in [2.05, 4.69) is 0 Å². The van der Waals surface area contributed by atoms with Gasteiger partial charge in [0.15, 0.2) is 5.78 Å². The molecule has 78 valence electrons. The van der Waals surface area contributed by atoms with Crippen LogP contribution >= 0.6 is 0 Å². The Hall–Kier alpha value is -1.15. The average Bonchev–Trinajstić information content (AvgIpc) is 2.91. The molecule has 1 aromatic rings. The maximum absolute atomic E-state index is 12.2. The van der Waals surface area contributed by atoms with Gasteiger partial charge in [-0.15, -0.1) is 0 Å². The van der Waals surface area contributed by atoms with E-state index in [0.717, 1.165) is 24.8 Å². The van der Waals surface area contributed by atoms with Crippen LogP contribution in [0.1, 0.15) is 29.6 Å². The standard InChI is InChI=1S/C13H14O2/c14-13(9-4-2-1-3-5-9)11-8-10-6-7-12(11)15-10/h1-5,10-12H,6-8H2. The van der Waals surface area contributed by atoms with Crippen LogP contribution in [0, 0.1) is 5.92 Å². The Balaban J connectivity index is 1.81. The molecule has 3 atom stereocenters. The van der Waals surface area contributed by atoms with Gasteiger partial charge >= 0.3 is 0 Å². The summed E-state index contributed by atoms with van der Waals surface area (Å²) >= 11 is 0. The molecule has 0 N–H and O–H groups in total. The van der Waals surface area contributed by atoms with Gasteiger partial charge in [0, 0.05) is 5.56 Å². The number of rotatable bonds is 2. The number of carbonyl (C=O) groups is 1. The lowest BCUT2D eigenvalue weighted by atomic mass is 9.84. The number of hydrogen-bond donors (Lipinski definition) is 0. The van der Waals surface area contributed by atoms with Gasteiger partial charge in [-0.05, 0) is 19.3 Å². The fourth-order valence-corrected chi connectivity index (χ4v) is 2.73. The quantitative estimate of drug-likeness (QED) is 0.688. The number of benzene rings is 1. The number of hydrogen-bond acceptors (Lipinski definition) is 2. The Labute approximate surface area is 89.2 Å². The number of carbonyl (C=O) groups excluding carboxylic acids is 1. The van der Waals surface area contributed by atoms with E-state index in [4.69, 9.17) is 4.74 Å². The van der Waals surface area contributed by atoms with Gasteiger partial charge in [-0.3, -0.25) is 4.79 Å². The third-order valence-corrected chi connectivity index (χ3v) is 3.50. The fraction of sp³-hybridized carbons (Fsp3) is 0.462. The molecule has 0 aromatic heterocycles. The van der Waals surface area contributed by atoms with Gasteiger partial charge in [-0.1, -0.05) is 30.3 Å². The average molecular weight is 202 g/mol. The number of ether oxygens (including phenoxy) is 1. The second kappa shape index (κ2) is 3.46. The minimum absolute atomic E-state index is 0.117. The van der Waals surface area contributed by atoms with E-state index in [-0.39, 0.29) is 17.8 Å². The summed E-state index contributed by atoms with van der Waals surface area (Å²) in [6.07, 6.45) is 3.69. The Morgan fingerprint density at radius 1 is 1.20 bits per heavy atom. The highest BCUT2D eigenvalue weighted by atomic mass is 16.5. The van der Waals surface area contributed by atoms with Crippen molar-refractivity contribution >= 4 is 5.78 Å². The van der Waals surface area contributed by atoms with Crippen molar-refractivity contribution in [3.8, 4) is 0 Å². The zero-order chi connectivity index (χ0) is 10.3. The highest BCUT2D eigenvalue weighted by Gasteiger charge is 2.44. The molecule has 0 amide bonds. The largest absolute Gasteiger partial charge is 0.374 e. The van der Waals surface area contributed by atoms with Crippen LogP contribution in [0.3, 0.4) is 0 Å². The van der Waals surface area contributed by atoms with E-state index in [1.807, 2.05) is 30.3 Å². The normalized spacial score (nSPS) is 33.2.